The zero-order chi connectivity index (χ0) is 17.6. The molecule has 0 aliphatic rings. The molecule has 0 radical (unpaired) electrons. The van der Waals surface area contributed by atoms with Gasteiger partial charge in [-0.05, 0) is 54.8 Å². The van der Waals surface area contributed by atoms with Crippen LogP contribution in [0.15, 0.2) is 53.9 Å². The van der Waals surface area contributed by atoms with Crippen molar-refractivity contribution in [3.63, 3.8) is 0 Å². The Kier molecular flexibility index (Phi) is 5.40. The largest absolute Gasteiger partial charge is 0.508 e. The van der Waals surface area contributed by atoms with Crippen LogP contribution in [0.5, 0.6) is 5.75 Å². The molecule has 6 heteroatoms. The molecule has 0 bridgehead atoms. The van der Waals surface area contributed by atoms with Crippen LogP contribution in [-0.2, 0) is 6.42 Å². The van der Waals surface area contributed by atoms with E-state index >= 15 is 0 Å². The number of hydrogen-bond acceptors (Lipinski definition) is 4. The maximum Gasteiger partial charge on any atom is 0.270 e. The lowest BCUT2D eigenvalue weighted by Gasteiger charge is -2.04. The van der Waals surface area contributed by atoms with E-state index in [-0.39, 0.29) is 17.5 Å². The molecule has 1 amide bonds. The van der Waals surface area contributed by atoms with E-state index in [1.54, 1.807) is 29.6 Å². The standard InChI is InChI=1S/C19H17FN2O2S/c20-15-7-5-14(6-8-15)19-22-17(12-25-19)18(24)21-11-1-2-13-3-9-16(23)10-4-13/h3-10,12,23H,1-2,11H2,(H,21,24). The summed E-state index contributed by atoms with van der Waals surface area (Å²) < 4.78 is 13.0. The summed E-state index contributed by atoms with van der Waals surface area (Å²) in [5.74, 6) is -0.264. The Hall–Kier alpha value is -2.73. The topological polar surface area (TPSA) is 62.2 Å². The molecule has 0 spiro atoms. The Balaban J connectivity index is 1.50. The van der Waals surface area contributed by atoms with E-state index in [9.17, 15) is 14.3 Å². The van der Waals surface area contributed by atoms with Crippen molar-refractivity contribution in [1.29, 1.82) is 0 Å². The van der Waals surface area contributed by atoms with Crippen LogP contribution in [0.3, 0.4) is 0 Å². The smallest absolute Gasteiger partial charge is 0.270 e. The summed E-state index contributed by atoms with van der Waals surface area (Å²) in [6.07, 6.45) is 1.62. The normalized spacial score (nSPS) is 10.6. The highest BCUT2D eigenvalue weighted by atomic mass is 32.1. The van der Waals surface area contributed by atoms with Crippen LogP contribution in [-0.4, -0.2) is 22.5 Å². The van der Waals surface area contributed by atoms with Crippen molar-refractivity contribution in [2.24, 2.45) is 0 Å². The average molecular weight is 356 g/mol. The maximum atomic E-state index is 13.0. The predicted molar refractivity (Wildman–Crippen MR) is 96.3 cm³/mol. The van der Waals surface area contributed by atoms with E-state index in [0.717, 1.165) is 24.0 Å². The molecular weight excluding hydrogens is 339 g/mol. The Labute approximate surface area is 149 Å². The van der Waals surface area contributed by atoms with E-state index in [4.69, 9.17) is 0 Å². The summed E-state index contributed by atoms with van der Waals surface area (Å²) in [5, 5.41) is 14.5. The molecule has 128 valence electrons. The molecule has 3 aromatic rings. The summed E-state index contributed by atoms with van der Waals surface area (Å²) in [5.41, 5.74) is 2.27. The van der Waals surface area contributed by atoms with Gasteiger partial charge in [0.1, 0.15) is 22.3 Å². The number of rotatable bonds is 6. The number of carbonyl (C=O) groups excluding carboxylic acids is 1. The summed E-state index contributed by atoms with van der Waals surface area (Å²) >= 11 is 1.36. The third-order valence-electron chi connectivity index (χ3n) is 3.69. The van der Waals surface area contributed by atoms with Gasteiger partial charge in [0.25, 0.3) is 5.91 Å². The number of benzene rings is 2. The fraction of sp³-hybridized carbons (Fsp3) is 0.158. The van der Waals surface area contributed by atoms with Gasteiger partial charge in [-0.15, -0.1) is 11.3 Å². The minimum atomic E-state index is -0.299. The molecule has 2 N–H and O–H groups in total. The zero-order valence-corrected chi connectivity index (χ0v) is 14.2. The lowest BCUT2D eigenvalue weighted by atomic mass is 10.1. The number of phenols is 1. The highest BCUT2D eigenvalue weighted by Crippen LogP contribution is 2.23. The number of nitrogens with zero attached hydrogens (tertiary/aromatic N) is 1. The highest BCUT2D eigenvalue weighted by Gasteiger charge is 2.11. The van der Waals surface area contributed by atoms with Gasteiger partial charge in [0.2, 0.25) is 0 Å². The number of nitrogens with one attached hydrogen (secondary N) is 1. The molecule has 4 nitrogen and oxygen atoms in total. The van der Waals surface area contributed by atoms with Crippen molar-refractivity contribution in [3.05, 3.63) is 71.0 Å². The van der Waals surface area contributed by atoms with E-state index < -0.39 is 0 Å². The number of carbonyl (C=O) groups is 1. The quantitative estimate of drug-likeness (QED) is 0.656. The summed E-state index contributed by atoms with van der Waals surface area (Å²) in [6, 6.07) is 13.1. The van der Waals surface area contributed by atoms with Crippen LogP contribution in [0, 0.1) is 5.82 Å². The van der Waals surface area contributed by atoms with Gasteiger partial charge in [-0.2, -0.15) is 0 Å². The van der Waals surface area contributed by atoms with Crippen LogP contribution in [0.4, 0.5) is 4.39 Å². The number of amides is 1. The number of aromatic hydroxyl groups is 1. The van der Waals surface area contributed by atoms with Crippen molar-refractivity contribution in [1.82, 2.24) is 10.3 Å². The van der Waals surface area contributed by atoms with Crippen molar-refractivity contribution in [3.8, 4) is 16.3 Å². The average Bonchev–Trinajstić information content (AvgIpc) is 3.11. The molecule has 3 rings (SSSR count). The van der Waals surface area contributed by atoms with Gasteiger partial charge in [0, 0.05) is 17.5 Å². The molecular formula is C19H17FN2O2S. The molecule has 1 heterocycles. The van der Waals surface area contributed by atoms with E-state index in [2.05, 4.69) is 10.3 Å². The molecule has 25 heavy (non-hydrogen) atoms. The van der Waals surface area contributed by atoms with Gasteiger partial charge in [0.05, 0.1) is 0 Å². The molecule has 0 fully saturated rings. The number of halogens is 1. The maximum absolute atomic E-state index is 13.0. The van der Waals surface area contributed by atoms with Crippen molar-refractivity contribution in [2.75, 3.05) is 6.54 Å². The van der Waals surface area contributed by atoms with E-state index in [1.807, 2.05) is 12.1 Å². The minimum absolute atomic E-state index is 0.213. The van der Waals surface area contributed by atoms with Gasteiger partial charge >= 0.3 is 0 Å². The first-order valence-corrected chi connectivity index (χ1v) is 8.77. The Bertz CT molecular complexity index is 845. The summed E-state index contributed by atoms with van der Waals surface area (Å²) in [4.78, 5) is 16.5. The van der Waals surface area contributed by atoms with Crippen molar-refractivity contribution >= 4 is 17.2 Å². The minimum Gasteiger partial charge on any atom is -0.508 e. The molecule has 0 saturated heterocycles. The lowest BCUT2D eigenvalue weighted by molar-refractivity contribution is 0.0949. The Morgan fingerprint density at radius 3 is 2.56 bits per heavy atom. The van der Waals surface area contributed by atoms with Crippen LogP contribution in [0.2, 0.25) is 0 Å². The lowest BCUT2D eigenvalue weighted by Crippen LogP contribution is -2.25. The van der Waals surface area contributed by atoms with Gasteiger partial charge in [0.15, 0.2) is 0 Å². The van der Waals surface area contributed by atoms with Crippen LogP contribution >= 0.6 is 11.3 Å². The number of phenolic OH excluding ortho intramolecular Hbond substituents is 1. The second kappa shape index (κ2) is 7.90. The third-order valence-corrected chi connectivity index (χ3v) is 4.58. The van der Waals surface area contributed by atoms with Crippen LogP contribution in [0.25, 0.3) is 10.6 Å². The van der Waals surface area contributed by atoms with Crippen LogP contribution < -0.4 is 5.32 Å². The molecule has 0 unspecified atom stereocenters. The summed E-state index contributed by atoms with van der Waals surface area (Å²) in [6.45, 7) is 0.545. The van der Waals surface area contributed by atoms with Gasteiger partial charge in [-0.3, -0.25) is 4.79 Å². The van der Waals surface area contributed by atoms with Gasteiger partial charge < -0.3 is 10.4 Å². The third kappa shape index (κ3) is 4.64. The van der Waals surface area contributed by atoms with Crippen molar-refractivity contribution < 1.29 is 14.3 Å². The second-order valence-electron chi connectivity index (χ2n) is 5.57. The fourth-order valence-electron chi connectivity index (χ4n) is 2.35. The van der Waals surface area contributed by atoms with E-state index in [1.165, 1.54) is 23.5 Å². The monoisotopic (exact) mass is 356 g/mol. The van der Waals surface area contributed by atoms with Crippen molar-refractivity contribution in [2.45, 2.75) is 12.8 Å². The molecule has 0 saturated carbocycles. The zero-order valence-electron chi connectivity index (χ0n) is 13.4. The predicted octanol–water partition coefficient (Wildman–Crippen LogP) is 4.02. The van der Waals surface area contributed by atoms with E-state index in [0.29, 0.717) is 17.2 Å². The van der Waals surface area contributed by atoms with Crippen LogP contribution in [0.1, 0.15) is 22.5 Å². The first-order chi connectivity index (χ1) is 12.1. The SMILES string of the molecule is O=C(NCCCc1ccc(O)cc1)c1csc(-c2ccc(F)cc2)n1. The molecule has 0 atom stereocenters. The molecule has 1 aromatic heterocycles. The van der Waals surface area contributed by atoms with Gasteiger partial charge in [-0.25, -0.2) is 9.37 Å². The molecule has 2 aromatic carbocycles. The second-order valence-corrected chi connectivity index (χ2v) is 6.43. The molecule has 0 aliphatic carbocycles. The number of thiazole rings is 1. The number of hydrogen-bond donors (Lipinski definition) is 2. The van der Waals surface area contributed by atoms with Gasteiger partial charge in [-0.1, -0.05) is 12.1 Å². The number of aromatic nitrogens is 1. The first-order valence-electron chi connectivity index (χ1n) is 7.89. The first kappa shape index (κ1) is 17.1. The highest BCUT2D eigenvalue weighted by molar-refractivity contribution is 7.13. The Morgan fingerprint density at radius 1 is 1.12 bits per heavy atom. The Morgan fingerprint density at radius 2 is 1.84 bits per heavy atom. The summed E-state index contributed by atoms with van der Waals surface area (Å²) in [7, 11) is 0. The molecule has 0 aliphatic heterocycles. The number of aryl methyl sites for hydroxylation is 1. The fourth-order valence-corrected chi connectivity index (χ4v) is 3.16.